The van der Waals surface area contributed by atoms with Crippen molar-refractivity contribution in [2.24, 2.45) is 5.73 Å². The van der Waals surface area contributed by atoms with Crippen LogP contribution in [0.1, 0.15) is 37.1 Å². The van der Waals surface area contributed by atoms with Gasteiger partial charge >= 0.3 is 0 Å². The SMILES string of the molecule is CCSC1CCC(NC(=O)C(N)c2cccs2)C1. The zero-order valence-electron chi connectivity index (χ0n) is 10.6. The van der Waals surface area contributed by atoms with E-state index < -0.39 is 6.04 Å². The van der Waals surface area contributed by atoms with Crippen LogP contribution in [0.5, 0.6) is 0 Å². The van der Waals surface area contributed by atoms with Gasteiger partial charge in [0.15, 0.2) is 0 Å². The number of hydrogen-bond acceptors (Lipinski definition) is 4. The van der Waals surface area contributed by atoms with Gasteiger partial charge in [0.05, 0.1) is 0 Å². The number of thioether (sulfide) groups is 1. The van der Waals surface area contributed by atoms with Crippen LogP contribution in [0.25, 0.3) is 0 Å². The lowest BCUT2D eigenvalue weighted by Crippen LogP contribution is -2.39. The van der Waals surface area contributed by atoms with Gasteiger partial charge in [0.2, 0.25) is 5.91 Å². The Kier molecular flexibility index (Phi) is 5.09. The second kappa shape index (κ2) is 6.59. The first-order chi connectivity index (χ1) is 8.70. The molecule has 18 heavy (non-hydrogen) atoms. The predicted molar refractivity (Wildman–Crippen MR) is 78.9 cm³/mol. The molecule has 3 atom stereocenters. The maximum Gasteiger partial charge on any atom is 0.242 e. The van der Waals surface area contributed by atoms with E-state index in [1.54, 1.807) is 0 Å². The second-order valence-corrected chi connectivity index (χ2v) is 7.15. The number of carbonyl (C=O) groups excluding carboxylic acids is 1. The van der Waals surface area contributed by atoms with Crippen LogP contribution in [0, 0.1) is 0 Å². The summed E-state index contributed by atoms with van der Waals surface area (Å²) in [5, 5.41) is 5.74. The minimum absolute atomic E-state index is 0.0374. The van der Waals surface area contributed by atoms with Crippen LogP contribution in [0.3, 0.4) is 0 Å². The lowest BCUT2D eigenvalue weighted by Gasteiger charge is -2.16. The number of nitrogens with two attached hydrogens (primary N) is 1. The van der Waals surface area contributed by atoms with Gasteiger partial charge < -0.3 is 11.1 Å². The van der Waals surface area contributed by atoms with Crippen LogP contribution in [0.4, 0.5) is 0 Å². The van der Waals surface area contributed by atoms with Gasteiger partial charge in [0, 0.05) is 16.2 Å². The third kappa shape index (κ3) is 3.49. The Morgan fingerprint density at radius 2 is 2.50 bits per heavy atom. The average Bonchev–Trinajstić information content (AvgIpc) is 3.00. The summed E-state index contributed by atoms with van der Waals surface area (Å²) >= 11 is 3.53. The molecule has 0 radical (unpaired) electrons. The fourth-order valence-corrected chi connectivity index (χ4v) is 4.21. The molecule has 1 aliphatic carbocycles. The van der Waals surface area contributed by atoms with Crippen molar-refractivity contribution < 1.29 is 4.79 Å². The van der Waals surface area contributed by atoms with Crippen molar-refractivity contribution >= 4 is 29.0 Å². The Balaban J connectivity index is 1.81. The summed E-state index contributed by atoms with van der Waals surface area (Å²) < 4.78 is 0. The summed E-state index contributed by atoms with van der Waals surface area (Å²) in [5.74, 6) is 1.12. The summed E-state index contributed by atoms with van der Waals surface area (Å²) in [6, 6.07) is 3.64. The van der Waals surface area contributed by atoms with E-state index in [1.165, 1.54) is 17.8 Å². The Morgan fingerprint density at radius 3 is 3.17 bits per heavy atom. The molecule has 3 N–H and O–H groups in total. The van der Waals surface area contributed by atoms with Gasteiger partial charge in [-0.2, -0.15) is 11.8 Å². The average molecular weight is 284 g/mol. The van der Waals surface area contributed by atoms with Gasteiger partial charge in [-0.15, -0.1) is 11.3 Å². The lowest BCUT2D eigenvalue weighted by molar-refractivity contribution is -0.123. The zero-order valence-corrected chi connectivity index (χ0v) is 12.2. The molecule has 5 heteroatoms. The van der Waals surface area contributed by atoms with Crippen LogP contribution in [0.15, 0.2) is 17.5 Å². The van der Waals surface area contributed by atoms with E-state index in [1.807, 2.05) is 29.3 Å². The monoisotopic (exact) mass is 284 g/mol. The number of amides is 1. The predicted octanol–water partition coefficient (Wildman–Crippen LogP) is 2.54. The number of hydrogen-bond donors (Lipinski definition) is 2. The molecule has 1 saturated carbocycles. The van der Waals surface area contributed by atoms with Crippen LogP contribution >= 0.6 is 23.1 Å². The second-order valence-electron chi connectivity index (χ2n) is 4.59. The molecule has 0 bridgehead atoms. The Bertz CT molecular complexity index is 380. The standard InChI is InChI=1S/C13H20N2OS2/c1-2-17-10-6-5-9(8-10)15-13(16)12(14)11-4-3-7-18-11/h3-4,7,9-10,12H,2,5-6,8,14H2,1H3,(H,15,16). The van der Waals surface area contributed by atoms with Crippen LogP contribution in [-0.2, 0) is 4.79 Å². The maximum absolute atomic E-state index is 12.0. The number of nitrogens with one attached hydrogen (secondary N) is 1. The first-order valence-electron chi connectivity index (χ1n) is 6.41. The molecule has 1 heterocycles. The molecule has 1 aliphatic rings. The van der Waals surface area contributed by atoms with Crippen molar-refractivity contribution in [2.75, 3.05) is 5.75 Å². The van der Waals surface area contributed by atoms with Crippen molar-refractivity contribution in [1.82, 2.24) is 5.32 Å². The highest BCUT2D eigenvalue weighted by molar-refractivity contribution is 7.99. The summed E-state index contributed by atoms with van der Waals surface area (Å²) in [7, 11) is 0. The summed E-state index contributed by atoms with van der Waals surface area (Å²) in [6.45, 7) is 2.18. The number of thiophene rings is 1. The molecule has 0 aromatic carbocycles. The van der Waals surface area contributed by atoms with Gasteiger partial charge in [-0.05, 0) is 36.5 Å². The van der Waals surface area contributed by atoms with Crippen molar-refractivity contribution in [1.29, 1.82) is 0 Å². The minimum Gasteiger partial charge on any atom is -0.352 e. The highest BCUT2D eigenvalue weighted by Gasteiger charge is 2.27. The van der Waals surface area contributed by atoms with E-state index in [0.29, 0.717) is 11.3 Å². The lowest BCUT2D eigenvalue weighted by atomic mass is 10.2. The maximum atomic E-state index is 12.0. The summed E-state index contributed by atoms with van der Waals surface area (Å²) in [6.07, 6.45) is 3.37. The molecule has 100 valence electrons. The molecule has 3 nitrogen and oxygen atoms in total. The molecule has 0 spiro atoms. The summed E-state index contributed by atoms with van der Waals surface area (Å²) in [5.41, 5.74) is 5.95. The van der Waals surface area contributed by atoms with Gasteiger partial charge in [0.1, 0.15) is 6.04 Å². The van der Waals surface area contributed by atoms with E-state index in [-0.39, 0.29) is 5.91 Å². The van der Waals surface area contributed by atoms with Crippen LogP contribution < -0.4 is 11.1 Å². The molecule has 3 unspecified atom stereocenters. The van der Waals surface area contributed by atoms with Gasteiger partial charge in [-0.1, -0.05) is 13.0 Å². The largest absolute Gasteiger partial charge is 0.352 e. The normalized spacial score (nSPS) is 25.0. The Hall–Kier alpha value is -0.520. The number of rotatable bonds is 5. The molecular weight excluding hydrogens is 264 g/mol. The fraction of sp³-hybridized carbons (Fsp3) is 0.615. The van der Waals surface area contributed by atoms with Crippen molar-refractivity contribution in [3.05, 3.63) is 22.4 Å². The van der Waals surface area contributed by atoms with Crippen LogP contribution in [0.2, 0.25) is 0 Å². The highest BCUT2D eigenvalue weighted by atomic mass is 32.2. The fourth-order valence-electron chi connectivity index (χ4n) is 2.35. The zero-order chi connectivity index (χ0) is 13.0. The molecular formula is C13H20N2OS2. The van der Waals surface area contributed by atoms with Gasteiger partial charge in [0.25, 0.3) is 0 Å². The van der Waals surface area contributed by atoms with E-state index in [4.69, 9.17) is 5.73 Å². The van der Waals surface area contributed by atoms with E-state index in [9.17, 15) is 4.79 Å². The topological polar surface area (TPSA) is 55.1 Å². The third-order valence-corrected chi connectivity index (χ3v) is 5.45. The number of carbonyl (C=O) groups is 1. The highest BCUT2D eigenvalue weighted by Crippen LogP contribution is 2.30. The van der Waals surface area contributed by atoms with E-state index in [0.717, 1.165) is 23.5 Å². The molecule has 2 rings (SSSR count). The third-order valence-electron chi connectivity index (χ3n) is 3.27. The molecule has 0 saturated heterocycles. The first-order valence-corrected chi connectivity index (χ1v) is 8.34. The quantitative estimate of drug-likeness (QED) is 0.873. The Morgan fingerprint density at radius 1 is 1.67 bits per heavy atom. The van der Waals surface area contributed by atoms with Gasteiger partial charge in [-0.25, -0.2) is 0 Å². The van der Waals surface area contributed by atoms with E-state index >= 15 is 0 Å². The minimum atomic E-state index is -0.511. The van der Waals surface area contributed by atoms with Crippen molar-refractivity contribution in [3.63, 3.8) is 0 Å². The molecule has 1 aromatic rings. The van der Waals surface area contributed by atoms with E-state index in [2.05, 4.69) is 12.2 Å². The van der Waals surface area contributed by atoms with Crippen molar-refractivity contribution in [2.45, 2.75) is 43.5 Å². The Labute approximate surface area is 117 Å². The first kappa shape index (κ1) is 13.9. The van der Waals surface area contributed by atoms with Crippen LogP contribution in [-0.4, -0.2) is 23.0 Å². The van der Waals surface area contributed by atoms with Crippen molar-refractivity contribution in [3.8, 4) is 0 Å². The van der Waals surface area contributed by atoms with Gasteiger partial charge in [-0.3, -0.25) is 4.79 Å². The molecule has 1 amide bonds. The molecule has 0 aliphatic heterocycles. The summed E-state index contributed by atoms with van der Waals surface area (Å²) in [4.78, 5) is 13.0. The molecule has 1 aromatic heterocycles. The molecule has 1 fully saturated rings. The smallest absolute Gasteiger partial charge is 0.242 e.